The number of nitrogens with zero attached hydrogens (tertiary/aromatic N) is 3. The number of carboxylic acids is 1. The summed E-state index contributed by atoms with van der Waals surface area (Å²) in [5.41, 5.74) is -0.795. The van der Waals surface area contributed by atoms with Gasteiger partial charge in [0.1, 0.15) is 17.7 Å². The molecule has 1 saturated heterocycles. The Morgan fingerprint density at radius 1 is 1.81 bits per heavy atom. The van der Waals surface area contributed by atoms with Crippen LogP contribution in [0.3, 0.4) is 0 Å². The minimum absolute atomic E-state index is 0.434. The number of aromatic nitrogens is 3. The van der Waals surface area contributed by atoms with E-state index >= 15 is 0 Å². The van der Waals surface area contributed by atoms with E-state index in [1.807, 2.05) is 7.05 Å². The molecule has 6 nitrogen and oxygen atoms in total. The number of hydrogen-bond donors (Lipinski definition) is 2. The van der Waals surface area contributed by atoms with Crippen molar-refractivity contribution >= 4 is 17.7 Å². The van der Waals surface area contributed by atoms with Gasteiger partial charge in [-0.15, -0.1) is 10.2 Å². The topological polar surface area (TPSA) is 80.0 Å². The maximum absolute atomic E-state index is 11.2. The van der Waals surface area contributed by atoms with E-state index in [2.05, 4.69) is 15.5 Å². The van der Waals surface area contributed by atoms with Gasteiger partial charge in [-0.3, -0.25) is 10.1 Å². The summed E-state index contributed by atoms with van der Waals surface area (Å²) in [7, 11) is 1.84. The molecule has 7 heteroatoms. The highest BCUT2D eigenvalue weighted by atomic mass is 32.2. The molecular weight excluding hydrogens is 228 g/mol. The molecule has 1 aliphatic rings. The molecule has 1 aromatic heterocycles. The van der Waals surface area contributed by atoms with E-state index in [-0.39, 0.29) is 0 Å². The standard InChI is InChI=1S/C9H14N4O2S/c1-13-6-11-12-7(13)4-10-9(8(14)15)2-3-16-5-9/h6,10H,2-5H2,1H3,(H,14,15). The summed E-state index contributed by atoms with van der Waals surface area (Å²) in [4.78, 5) is 11.2. The molecule has 1 atom stereocenters. The Morgan fingerprint density at radius 2 is 2.62 bits per heavy atom. The molecule has 0 bridgehead atoms. The van der Waals surface area contributed by atoms with Crippen LogP contribution >= 0.6 is 11.8 Å². The summed E-state index contributed by atoms with van der Waals surface area (Å²) < 4.78 is 1.78. The SMILES string of the molecule is Cn1cnnc1CNC1(C(=O)O)CCSC1. The molecule has 2 N–H and O–H groups in total. The van der Waals surface area contributed by atoms with E-state index in [1.165, 1.54) is 0 Å². The predicted molar refractivity (Wildman–Crippen MR) is 60.2 cm³/mol. The molecule has 0 saturated carbocycles. The second-order valence-corrected chi connectivity index (χ2v) is 5.01. The lowest BCUT2D eigenvalue weighted by molar-refractivity contribution is -0.143. The molecule has 1 unspecified atom stereocenters. The van der Waals surface area contributed by atoms with E-state index in [1.54, 1.807) is 22.7 Å². The lowest BCUT2D eigenvalue weighted by Gasteiger charge is -2.24. The molecule has 0 amide bonds. The van der Waals surface area contributed by atoms with Crippen molar-refractivity contribution in [3.63, 3.8) is 0 Å². The van der Waals surface area contributed by atoms with Gasteiger partial charge in [0.15, 0.2) is 0 Å². The summed E-state index contributed by atoms with van der Waals surface area (Å²) >= 11 is 1.66. The van der Waals surface area contributed by atoms with Crippen LogP contribution in [-0.2, 0) is 18.4 Å². The van der Waals surface area contributed by atoms with Crippen molar-refractivity contribution < 1.29 is 9.90 Å². The molecule has 2 rings (SSSR count). The maximum atomic E-state index is 11.2. The summed E-state index contributed by atoms with van der Waals surface area (Å²) in [5.74, 6) is 1.47. The molecule has 0 aliphatic carbocycles. The first-order chi connectivity index (χ1) is 7.64. The molecule has 88 valence electrons. The fourth-order valence-corrected chi connectivity index (χ4v) is 3.02. The van der Waals surface area contributed by atoms with Crippen molar-refractivity contribution in [2.24, 2.45) is 7.05 Å². The van der Waals surface area contributed by atoms with Crippen LogP contribution in [0, 0.1) is 0 Å². The third kappa shape index (κ3) is 2.05. The number of nitrogens with one attached hydrogen (secondary N) is 1. The van der Waals surface area contributed by atoms with Crippen molar-refractivity contribution in [3.8, 4) is 0 Å². The van der Waals surface area contributed by atoms with Crippen LogP contribution in [-0.4, -0.2) is 42.9 Å². The zero-order valence-electron chi connectivity index (χ0n) is 9.01. The highest BCUT2D eigenvalue weighted by Gasteiger charge is 2.41. The summed E-state index contributed by atoms with van der Waals surface area (Å²) in [6, 6.07) is 0. The first-order valence-electron chi connectivity index (χ1n) is 5.03. The van der Waals surface area contributed by atoms with Gasteiger partial charge in [0.05, 0.1) is 6.54 Å². The Kier molecular flexibility index (Phi) is 3.15. The normalized spacial score (nSPS) is 24.8. The van der Waals surface area contributed by atoms with Gasteiger partial charge >= 0.3 is 5.97 Å². The van der Waals surface area contributed by atoms with Gasteiger partial charge in [-0.05, 0) is 12.2 Å². The van der Waals surface area contributed by atoms with Gasteiger partial charge in [0.2, 0.25) is 0 Å². The third-order valence-corrected chi connectivity index (χ3v) is 4.01. The number of aryl methyl sites for hydroxylation is 1. The lowest BCUT2D eigenvalue weighted by atomic mass is 9.99. The summed E-state index contributed by atoms with van der Waals surface area (Å²) in [5, 5.41) is 20.0. The zero-order chi connectivity index (χ0) is 11.6. The van der Waals surface area contributed by atoms with E-state index in [0.29, 0.717) is 18.7 Å². The van der Waals surface area contributed by atoms with Crippen molar-refractivity contribution in [2.45, 2.75) is 18.5 Å². The third-order valence-electron chi connectivity index (χ3n) is 2.82. The van der Waals surface area contributed by atoms with Crippen LogP contribution in [0.1, 0.15) is 12.2 Å². The second kappa shape index (κ2) is 4.42. The quantitative estimate of drug-likeness (QED) is 0.765. The number of carbonyl (C=O) groups is 1. The van der Waals surface area contributed by atoms with Gasteiger partial charge in [0, 0.05) is 12.8 Å². The van der Waals surface area contributed by atoms with E-state index < -0.39 is 11.5 Å². The highest BCUT2D eigenvalue weighted by Crippen LogP contribution is 2.28. The number of aliphatic carboxylic acids is 1. The molecule has 1 aromatic rings. The average Bonchev–Trinajstić information content (AvgIpc) is 2.84. The smallest absolute Gasteiger partial charge is 0.324 e. The zero-order valence-corrected chi connectivity index (χ0v) is 9.83. The highest BCUT2D eigenvalue weighted by molar-refractivity contribution is 7.99. The minimum Gasteiger partial charge on any atom is -0.480 e. The Morgan fingerprint density at radius 3 is 3.12 bits per heavy atom. The van der Waals surface area contributed by atoms with E-state index in [9.17, 15) is 9.90 Å². The van der Waals surface area contributed by atoms with Crippen LogP contribution in [0.2, 0.25) is 0 Å². The molecule has 0 radical (unpaired) electrons. The molecule has 2 heterocycles. The van der Waals surface area contributed by atoms with Crippen LogP contribution in [0.25, 0.3) is 0 Å². The Bertz CT molecular complexity index is 387. The van der Waals surface area contributed by atoms with Gasteiger partial charge in [0.25, 0.3) is 0 Å². The van der Waals surface area contributed by atoms with Crippen molar-refractivity contribution in [1.29, 1.82) is 0 Å². The van der Waals surface area contributed by atoms with Crippen molar-refractivity contribution in [3.05, 3.63) is 12.2 Å². The molecule has 1 aliphatic heterocycles. The maximum Gasteiger partial charge on any atom is 0.324 e. The fourth-order valence-electron chi connectivity index (χ4n) is 1.66. The van der Waals surface area contributed by atoms with Gasteiger partial charge in [-0.1, -0.05) is 0 Å². The molecule has 0 aromatic carbocycles. The van der Waals surface area contributed by atoms with Gasteiger partial charge in [-0.2, -0.15) is 11.8 Å². The molecule has 1 fully saturated rings. The van der Waals surface area contributed by atoms with Crippen molar-refractivity contribution in [2.75, 3.05) is 11.5 Å². The van der Waals surface area contributed by atoms with Gasteiger partial charge < -0.3 is 9.67 Å². The van der Waals surface area contributed by atoms with Crippen molar-refractivity contribution in [1.82, 2.24) is 20.1 Å². The Labute approximate surface area is 97.4 Å². The van der Waals surface area contributed by atoms with E-state index in [0.717, 1.165) is 11.6 Å². The first-order valence-corrected chi connectivity index (χ1v) is 6.18. The van der Waals surface area contributed by atoms with Gasteiger partial charge in [-0.25, -0.2) is 0 Å². The number of carboxylic acid groups (broad SMARTS) is 1. The largest absolute Gasteiger partial charge is 0.480 e. The number of rotatable bonds is 4. The lowest BCUT2D eigenvalue weighted by Crippen LogP contribution is -2.52. The average molecular weight is 242 g/mol. The number of thioether (sulfide) groups is 1. The van der Waals surface area contributed by atoms with Crippen LogP contribution in [0.15, 0.2) is 6.33 Å². The molecule has 0 spiro atoms. The molecular formula is C9H14N4O2S. The summed E-state index contributed by atoms with van der Waals surface area (Å²) in [6.07, 6.45) is 2.26. The number of hydrogen-bond acceptors (Lipinski definition) is 5. The minimum atomic E-state index is -0.795. The molecule has 16 heavy (non-hydrogen) atoms. The van der Waals surface area contributed by atoms with Crippen LogP contribution < -0.4 is 5.32 Å². The first kappa shape index (κ1) is 11.4. The van der Waals surface area contributed by atoms with Crippen LogP contribution in [0.5, 0.6) is 0 Å². The Balaban J connectivity index is 2.03. The Hall–Kier alpha value is -1.08. The summed E-state index contributed by atoms with van der Waals surface area (Å²) in [6.45, 7) is 0.434. The second-order valence-electron chi connectivity index (χ2n) is 3.90. The fraction of sp³-hybridized carbons (Fsp3) is 0.667. The monoisotopic (exact) mass is 242 g/mol. The van der Waals surface area contributed by atoms with Crippen LogP contribution in [0.4, 0.5) is 0 Å². The predicted octanol–water partition coefficient (Wildman–Crippen LogP) is -0.135. The van der Waals surface area contributed by atoms with E-state index in [4.69, 9.17) is 0 Å².